The number of aromatic hydroxyl groups is 2. The van der Waals surface area contributed by atoms with Gasteiger partial charge in [0.1, 0.15) is 11.5 Å². The fourth-order valence-electron chi connectivity index (χ4n) is 3.48. The zero-order valence-corrected chi connectivity index (χ0v) is 23.7. The minimum atomic E-state index is -5.22. The molecule has 0 spiro atoms. The molecule has 8 N–H and O–H groups in total. The van der Waals surface area contributed by atoms with Crippen LogP contribution in [0.4, 0.5) is 0 Å². The van der Waals surface area contributed by atoms with Gasteiger partial charge in [-0.1, -0.05) is 62.4 Å². The molecule has 0 radical (unpaired) electrons. The van der Waals surface area contributed by atoms with Gasteiger partial charge in [0.05, 0.1) is 31.8 Å². The highest BCUT2D eigenvalue weighted by Crippen LogP contribution is 2.58. The summed E-state index contributed by atoms with van der Waals surface area (Å²) in [6.45, 7) is 1.15. The van der Waals surface area contributed by atoms with Gasteiger partial charge in [0.25, 0.3) is 0 Å². The third-order valence-corrected chi connectivity index (χ3v) is 8.27. The molecule has 0 bridgehead atoms. The molecule has 0 aliphatic heterocycles. The van der Waals surface area contributed by atoms with E-state index < -0.39 is 47.5 Å². The summed E-state index contributed by atoms with van der Waals surface area (Å²) in [6.07, 6.45) is 0. The van der Waals surface area contributed by atoms with E-state index in [0.29, 0.717) is 0 Å². The average Bonchev–Trinajstić information content (AvgIpc) is 2.90. The molecule has 1 unspecified atom stereocenters. The highest BCUT2D eigenvalue weighted by molar-refractivity contribution is 7.60. The first-order valence-corrected chi connectivity index (χ1v) is 14.9. The quantitative estimate of drug-likeness (QED) is 0.149. The molecule has 0 heterocycles. The van der Waals surface area contributed by atoms with Gasteiger partial charge in [0, 0.05) is 11.0 Å². The third kappa shape index (κ3) is 9.50. The molecule has 0 aromatic heterocycles. The maximum Gasteiger partial charge on any atom is 0.481 e. The van der Waals surface area contributed by atoms with Crippen molar-refractivity contribution in [2.24, 2.45) is 5.41 Å². The molecule has 3 aromatic carbocycles. The van der Waals surface area contributed by atoms with Gasteiger partial charge in [-0.25, -0.2) is 9.13 Å². The minimum Gasteiger partial charge on any atom is -0.508 e. The lowest BCUT2D eigenvalue weighted by Crippen LogP contribution is -2.38. The molecule has 1 atom stereocenters. The molecule has 3 rings (SSSR count). The van der Waals surface area contributed by atoms with E-state index >= 15 is 0 Å². The second-order valence-corrected chi connectivity index (χ2v) is 12.4. The standard InChI is InChI=1S/C21H20O2.C5H14O10P2/c1-21(2,16-8-11-18(22)12-9-16)17-10-13-20(23)19(14-17)15-6-4-3-5-7-15;6-1-5(2-7,3-8)4-14-17(12,13)15-16(9,10)11/h3-14,22-23H,1-2H3;6-8H,1-4H2,(H,12,13)(H2,9,10,11). The molecule has 14 heteroatoms. The van der Waals surface area contributed by atoms with E-state index in [1.165, 1.54) is 0 Å². The summed E-state index contributed by atoms with van der Waals surface area (Å²) in [6, 6.07) is 22.9. The van der Waals surface area contributed by atoms with Crippen molar-refractivity contribution in [1.29, 1.82) is 0 Å². The number of phenolic OH excluding ortho intramolecular Hbond substituents is 2. The number of phenols is 2. The Morgan fingerprint density at radius 2 is 1.27 bits per heavy atom. The van der Waals surface area contributed by atoms with Gasteiger partial charge >= 0.3 is 15.6 Å². The van der Waals surface area contributed by atoms with E-state index in [9.17, 15) is 19.3 Å². The Morgan fingerprint density at radius 1 is 0.750 bits per heavy atom. The van der Waals surface area contributed by atoms with Gasteiger partial charge in [0.2, 0.25) is 0 Å². The molecule has 0 aliphatic rings. The van der Waals surface area contributed by atoms with Crippen molar-refractivity contribution >= 4 is 15.6 Å². The molecule has 3 aromatic rings. The van der Waals surface area contributed by atoms with Crippen molar-refractivity contribution in [1.82, 2.24) is 0 Å². The van der Waals surface area contributed by atoms with Gasteiger partial charge in [-0.2, -0.15) is 4.31 Å². The van der Waals surface area contributed by atoms with E-state index in [2.05, 4.69) is 22.7 Å². The fourth-order valence-corrected chi connectivity index (χ4v) is 5.18. The van der Waals surface area contributed by atoms with Crippen molar-refractivity contribution in [2.75, 3.05) is 26.4 Å². The van der Waals surface area contributed by atoms with Crippen LogP contribution in [-0.2, 0) is 23.4 Å². The van der Waals surface area contributed by atoms with Crippen molar-refractivity contribution in [2.45, 2.75) is 19.3 Å². The van der Waals surface area contributed by atoms with Crippen LogP contribution in [0.2, 0.25) is 0 Å². The zero-order valence-electron chi connectivity index (χ0n) is 21.9. The number of phosphoric acid groups is 2. The first kappa shape index (κ1) is 33.6. The van der Waals surface area contributed by atoms with Crippen molar-refractivity contribution < 1.29 is 58.2 Å². The second kappa shape index (κ2) is 13.8. The van der Waals surface area contributed by atoms with Gasteiger partial charge in [-0.3, -0.25) is 4.52 Å². The molecule has 0 saturated heterocycles. The predicted octanol–water partition coefficient (Wildman–Crippen LogP) is 3.27. The van der Waals surface area contributed by atoms with Crippen molar-refractivity contribution in [3.8, 4) is 22.6 Å². The summed E-state index contributed by atoms with van der Waals surface area (Å²) in [5.74, 6) is 0.543. The Morgan fingerprint density at radius 3 is 1.77 bits per heavy atom. The number of phosphoric ester groups is 1. The second-order valence-electron chi connectivity index (χ2n) is 9.56. The first-order valence-electron chi connectivity index (χ1n) is 11.8. The van der Waals surface area contributed by atoms with Crippen LogP contribution in [0.15, 0.2) is 72.8 Å². The van der Waals surface area contributed by atoms with Crippen LogP contribution in [0.3, 0.4) is 0 Å². The summed E-state index contributed by atoms with van der Waals surface area (Å²) in [5.41, 5.74) is 2.20. The largest absolute Gasteiger partial charge is 0.508 e. The molecule has 0 fully saturated rings. The lowest BCUT2D eigenvalue weighted by atomic mass is 9.77. The Kier molecular flexibility index (Phi) is 11.6. The van der Waals surface area contributed by atoms with Crippen molar-refractivity contribution in [3.05, 3.63) is 83.9 Å². The number of hydrogen-bond donors (Lipinski definition) is 8. The molecule has 12 nitrogen and oxygen atoms in total. The number of aliphatic hydroxyl groups is 3. The summed E-state index contributed by atoms with van der Waals surface area (Å²) in [5, 5.41) is 46.2. The average molecular weight is 600 g/mol. The zero-order chi connectivity index (χ0) is 30.2. The smallest absolute Gasteiger partial charge is 0.481 e. The van der Waals surface area contributed by atoms with E-state index in [1.54, 1.807) is 18.2 Å². The van der Waals surface area contributed by atoms with E-state index in [1.807, 2.05) is 54.6 Å². The number of benzene rings is 3. The van der Waals surface area contributed by atoms with E-state index in [0.717, 1.165) is 22.3 Å². The van der Waals surface area contributed by atoms with Crippen LogP contribution in [0, 0.1) is 5.41 Å². The Bertz CT molecular complexity index is 1310. The Hall–Kier alpha value is -2.60. The van der Waals surface area contributed by atoms with Crippen molar-refractivity contribution in [3.63, 3.8) is 0 Å². The lowest BCUT2D eigenvalue weighted by molar-refractivity contribution is -0.0316. The summed E-state index contributed by atoms with van der Waals surface area (Å²) >= 11 is 0. The van der Waals surface area contributed by atoms with Crippen LogP contribution in [0.25, 0.3) is 11.1 Å². The maximum absolute atomic E-state index is 11.0. The topological polar surface area (TPSA) is 214 Å². The summed E-state index contributed by atoms with van der Waals surface area (Å²) < 4.78 is 28.9. The van der Waals surface area contributed by atoms with Gasteiger partial charge in [0.15, 0.2) is 0 Å². The van der Waals surface area contributed by atoms with Crippen LogP contribution in [0.5, 0.6) is 11.5 Å². The number of hydrogen-bond acceptors (Lipinski definition) is 9. The van der Waals surface area contributed by atoms with Gasteiger partial charge < -0.3 is 40.2 Å². The summed E-state index contributed by atoms with van der Waals surface area (Å²) in [7, 11) is -10.3. The molecule has 0 aliphatic carbocycles. The van der Waals surface area contributed by atoms with Crippen LogP contribution >= 0.6 is 15.6 Å². The van der Waals surface area contributed by atoms with Crippen LogP contribution in [-0.4, -0.2) is 66.6 Å². The fraction of sp³-hybridized carbons (Fsp3) is 0.308. The predicted molar refractivity (Wildman–Crippen MR) is 146 cm³/mol. The van der Waals surface area contributed by atoms with E-state index in [-0.39, 0.29) is 16.9 Å². The Balaban J connectivity index is 0.000000296. The van der Waals surface area contributed by atoms with E-state index in [4.69, 9.17) is 30.0 Å². The SMILES string of the molecule is CC(C)(c1ccc(O)cc1)c1ccc(O)c(-c2ccccc2)c1.O=P(O)(O)OP(=O)(O)OCC(CO)(CO)CO. The minimum absolute atomic E-state index is 0.231. The molecule has 40 heavy (non-hydrogen) atoms. The maximum atomic E-state index is 11.0. The van der Waals surface area contributed by atoms with Crippen LogP contribution in [0.1, 0.15) is 25.0 Å². The molecule has 220 valence electrons. The van der Waals surface area contributed by atoms with Crippen LogP contribution < -0.4 is 0 Å². The molecular formula is C26H34O12P2. The lowest BCUT2D eigenvalue weighted by Gasteiger charge is -2.27. The Labute approximate surface area is 231 Å². The molecular weight excluding hydrogens is 566 g/mol. The molecule has 0 amide bonds. The highest BCUT2D eigenvalue weighted by atomic mass is 31.3. The number of aliphatic hydroxyl groups excluding tert-OH is 3. The first-order chi connectivity index (χ1) is 18.6. The van der Waals surface area contributed by atoms with Gasteiger partial charge in [-0.15, -0.1) is 0 Å². The molecule has 0 saturated carbocycles. The van der Waals surface area contributed by atoms with Gasteiger partial charge in [-0.05, 0) is 41.0 Å². The third-order valence-electron chi connectivity index (χ3n) is 6.14. The normalized spacial score (nSPS) is 13.7. The monoisotopic (exact) mass is 600 g/mol. The highest BCUT2D eigenvalue weighted by Gasteiger charge is 2.37. The number of rotatable bonds is 11. The summed E-state index contributed by atoms with van der Waals surface area (Å²) in [4.78, 5) is 25.4.